The number of ether oxygens (including phenoxy) is 1. The smallest absolute Gasteiger partial charge is 0.264 e. The van der Waals surface area contributed by atoms with Gasteiger partial charge in [0.1, 0.15) is 22.4 Å². The van der Waals surface area contributed by atoms with Gasteiger partial charge in [-0.25, -0.2) is 0 Å². The quantitative estimate of drug-likeness (QED) is 0.608. The number of amides is 2. The molecule has 6 nitrogen and oxygen atoms in total. The van der Waals surface area contributed by atoms with E-state index >= 15 is 0 Å². The van der Waals surface area contributed by atoms with E-state index in [4.69, 9.17) is 4.74 Å². The Morgan fingerprint density at radius 1 is 1.28 bits per heavy atom. The van der Waals surface area contributed by atoms with Crippen molar-refractivity contribution in [2.75, 3.05) is 19.1 Å². The average Bonchev–Trinajstić information content (AvgIpc) is 3.04. The minimum atomic E-state index is -0.509. The highest BCUT2D eigenvalue weighted by molar-refractivity contribution is 8.05. The molecule has 1 saturated heterocycles. The summed E-state index contributed by atoms with van der Waals surface area (Å²) in [7, 11) is 3.07. The molecule has 2 aromatic rings. The van der Waals surface area contributed by atoms with Gasteiger partial charge in [0.2, 0.25) is 5.91 Å². The Hall–Kier alpha value is -3.24. The fourth-order valence-corrected chi connectivity index (χ4v) is 4.40. The van der Waals surface area contributed by atoms with Crippen LogP contribution in [0.15, 0.2) is 59.1 Å². The number of hydrogen-bond acceptors (Lipinski definition) is 5. The Balaban J connectivity index is 2.01. The van der Waals surface area contributed by atoms with Gasteiger partial charge in [-0.1, -0.05) is 36.0 Å². The molecule has 148 valence electrons. The third-order valence-electron chi connectivity index (χ3n) is 4.57. The number of carbonyl (C=O) groups is 2. The van der Waals surface area contributed by atoms with Crippen molar-refractivity contribution in [2.24, 2.45) is 0 Å². The fourth-order valence-electron chi connectivity index (χ4n) is 3.09. The molecule has 2 amide bonds. The van der Waals surface area contributed by atoms with Gasteiger partial charge in [0, 0.05) is 12.7 Å². The zero-order valence-electron chi connectivity index (χ0n) is 16.4. The molecule has 1 N–H and O–H groups in total. The van der Waals surface area contributed by atoms with E-state index < -0.39 is 11.2 Å². The van der Waals surface area contributed by atoms with Crippen molar-refractivity contribution < 1.29 is 14.3 Å². The monoisotopic (exact) mass is 407 g/mol. The third kappa shape index (κ3) is 4.28. The van der Waals surface area contributed by atoms with E-state index in [1.165, 1.54) is 23.7 Å². The normalized spacial score (nSPS) is 17.7. The van der Waals surface area contributed by atoms with E-state index in [-0.39, 0.29) is 11.5 Å². The Labute approximate surface area is 174 Å². The Kier molecular flexibility index (Phi) is 6.25. The number of aryl methyl sites for hydroxylation is 1. The zero-order valence-corrected chi connectivity index (χ0v) is 17.2. The predicted molar refractivity (Wildman–Crippen MR) is 113 cm³/mol. The molecule has 2 aromatic carbocycles. The van der Waals surface area contributed by atoms with Crippen molar-refractivity contribution in [3.8, 4) is 11.8 Å². The van der Waals surface area contributed by atoms with Crippen molar-refractivity contribution in [1.29, 1.82) is 5.26 Å². The highest BCUT2D eigenvalue weighted by atomic mass is 32.2. The lowest BCUT2D eigenvalue weighted by Crippen LogP contribution is -2.31. The van der Waals surface area contributed by atoms with Crippen molar-refractivity contribution in [2.45, 2.75) is 18.6 Å². The molecule has 1 heterocycles. The lowest BCUT2D eigenvalue weighted by molar-refractivity contribution is -0.117. The number of thioether (sulfide) groups is 1. The average molecular weight is 407 g/mol. The van der Waals surface area contributed by atoms with Crippen LogP contribution in [0.2, 0.25) is 0 Å². The van der Waals surface area contributed by atoms with E-state index in [9.17, 15) is 14.9 Å². The van der Waals surface area contributed by atoms with Crippen LogP contribution >= 0.6 is 11.8 Å². The fraction of sp³-hybridized carbons (Fsp3) is 0.227. The first kappa shape index (κ1) is 20.5. The summed E-state index contributed by atoms with van der Waals surface area (Å²) in [6.07, 6.45) is 0.478. The van der Waals surface area contributed by atoms with Gasteiger partial charge in [0.05, 0.1) is 12.4 Å². The first-order chi connectivity index (χ1) is 14.0. The van der Waals surface area contributed by atoms with Gasteiger partial charge in [-0.05, 0) is 48.7 Å². The molecule has 29 heavy (non-hydrogen) atoms. The first-order valence-corrected chi connectivity index (χ1v) is 9.93. The standard InChI is InChI=1S/C22H21N3O3S/c1-14-5-4-6-16(11-14)25-21(27)19(12-15-7-9-17(28-3)10-8-15)29-22(25)18(13-23)20(26)24-2/h4-11,19H,12H2,1-3H3,(H,24,26)/b22-18+. The number of hydrogen-bond donors (Lipinski definition) is 1. The molecule has 7 heteroatoms. The molecular formula is C22H21N3O3S. The van der Waals surface area contributed by atoms with Crippen molar-refractivity contribution in [1.82, 2.24) is 5.32 Å². The summed E-state index contributed by atoms with van der Waals surface area (Å²) in [4.78, 5) is 27.0. The summed E-state index contributed by atoms with van der Waals surface area (Å²) in [6, 6.07) is 16.9. The van der Waals surface area contributed by atoms with E-state index in [2.05, 4.69) is 5.32 Å². The number of anilines is 1. The highest BCUT2D eigenvalue weighted by Gasteiger charge is 2.40. The summed E-state index contributed by atoms with van der Waals surface area (Å²) in [5, 5.41) is 12.0. The summed E-state index contributed by atoms with van der Waals surface area (Å²) in [5.74, 6) is 0.0844. The van der Waals surface area contributed by atoms with Crippen LogP contribution in [0, 0.1) is 18.3 Å². The molecule has 1 aliphatic rings. The van der Waals surface area contributed by atoms with Gasteiger partial charge in [-0.2, -0.15) is 5.26 Å². The molecule has 3 rings (SSSR count). The maximum Gasteiger partial charge on any atom is 0.264 e. The van der Waals surface area contributed by atoms with Crippen LogP contribution < -0.4 is 15.0 Å². The van der Waals surface area contributed by atoms with Gasteiger partial charge >= 0.3 is 0 Å². The van der Waals surface area contributed by atoms with Crippen LogP contribution in [0.4, 0.5) is 5.69 Å². The minimum absolute atomic E-state index is 0.0652. The molecular weight excluding hydrogens is 386 g/mol. The van der Waals surface area contributed by atoms with E-state index in [0.717, 1.165) is 16.9 Å². The van der Waals surface area contributed by atoms with Gasteiger partial charge in [0.25, 0.3) is 5.91 Å². The van der Waals surface area contributed by atoms with Gasteiger partial charge in [-0.3, -0.25) is 14.5 Å². The second-order valence-corrected chi connectivity index (χ2v) is 7.73. The van der Waals surface area contributed by atoms with Crippen molar-refractivity contribution >= 4 is 29.3 Å². The molecule has 0 aromatic heterocycles. The van der Waals surface area contributed by atoms with Crippen molar-refractivity contribution in [3.05, 3.63) is 70.3 Å². The van der Waals surface area contributed by atoms with Crippen LogP contribution in [0.25, 0.3) is 0 Å². The minimum Gasteiger partial charge on any atom is -0.497 e. The second-order valence-electron chi connectivity index (χ2n) is 6.54. The first-order valence-electron chi connectivity index (χ1n) is 9.05. The van der Waals surface area contributed by atoms with E-state index in [1.807, 2.05) is 55.5 Å². The maximum atomic E-state index is 13.3. The van der Waals surface area contributed by atoms with Crippen molar-refractivity contribution in [3.63, 3.8) is 0 Å². The molecule has 0 radical (unpaired) electrons. The molecule has 0 bridgehead atoms. The summed E-state index contributed by atoms with van der Waals surface area (Å²) in [5.41, 5.74) is 2.54. The third-order valence-corrected chi connectivity index (χ3v) is 5.84. The van der Waals surface area contributed by atoms with Gasteiger partial charge in [-0.15, -0.1) is 0 Å². The number of nitrogens with one attached hydrogen (secondary N) is 1. The number of nitriles is 1. The second kappa shape index (κ2) is 8.84. The molecule has 1 fully saturated rings. The number of carbonyl (C=O) groups excluding carboxylic acids is 2. The molecule has 0 saturated carbocycles. The maximum absolute atomic E-state index is 13.3. The Morgan fingerprint density at radius 3 is 2.59 bits per heavy atom. The summed E-state index contributed by atoms with van der Waals surface area (Å²) < 4.78 is 5.18. The summed E-state index contributed by atoms with van der Waals surface area (Å²) >= 11 is 1.25. The zero-order chi connectivity index (χ0) is 21.0. The Bertz CT molecular complexity index is 1010. The summed E-state index contributed by atoms with van der Waals surface area (Å²) in [6.45, 7) is 1.93. The van der Waals surface area contributed by atoms with Gasteiger partial charge < -0.3 is 10.1 Å². The highest BCUT2D eigenvalue weighted by Crippen LogP contribution is 2.42. The number of methoxy groups -OCH3 is 1. The molecule has 1 aliphatic heterocycles. The van der Waals surface area contributed by atoms with Crippen LogP contribution in [-0.2, 0) is 16.0 Å². The largest absolute Gasteiger partial charge is 0.497 e. The Morgan fingerprint density at radius 2 is 2.00 bits per heavy atom. The number of nitrogens with zero attached hydrogens (tertiary/aromatic N) is 2. The molecule has 1 unspecified atom stereocenters. The SMILES string of the molecule is CNC(=O)/C(C#N)=C1/SC(Cc2ccc(OC)cc2)C(=O)N1c1cccc(C)c1. The van der Waals surface area contributed by atoms with Gasteiger partial charge in [0.15, 0.2) is 0 Å². The van der Waals surface area contributed by atoms with E-state index in [1.54, 1.807) is 13.2 Å². The predicted octanol–water partition coefficient (Wildman–Crippen LogP) is 3.18. The number of benzene rings is 2. The lowest BCUT2D eigenvalue weighted by atomic mass is 10.1. The van der Waals surface area contributed by atoms with Crippen LogP contribution in [0.3, 0.4) is 0 Å². The molecule has 0 spiro atoms. The van der Waals surface area contributed by atoms with E-state index in [0.29, 0.717) is 17.1 Å². The van der Waals surface area contributed by atoms with Crippen LogP contribution in [0.5, 0.6) is 5.75 Å². The topological polar surface area (TPSA) is 82.4 Å². The van der Waals surface area contributed by atoms with Crippen LogP contribution in [-0.4, -0.2) is 31.2 Å². The molecule has 1 atom stereocenters. The number of rotatable bonds is 5. The number of likely N-dealkylation sites (N-methyl/N-ethyl adjacent to an activating group) is 1. The van der Waals surface area contributed by atoms with Crippen LogP contribution in [0.1, 0.15) is 11.1 Å². The lowest BCUT2D eigenvalue weighted by Gasteiger charge is -2.19. The molecule has 0 aliphatic carbocycles.